The third kappa shape index (κ3) is 7.92. The van der Waals surface area contributed by atoms with E-state index in [9.17, 15) is 9.90 Å². The number of benzene rings is 3. The Morgan fingerprint density at radius 2 is 1.65 bits per heavy atom. The lowest BCUT2D eigenvalue weighted by Crippen LogP contribution is -2.29. The van der Waals surface area contributed by atoms with Crippen LogP contribution in [0.2, 0.25) is 0 Å². The second-order valence-corrected chi connectivity index (χ2v) is 12.4. The molecule has 6 nitrogen and oxygen atoms in total. The molecule has 0 atom stereocenters. The number of carbonyl (C=O) groups is 1. The van der Waals surface area contributed by atoms with Gasteiger partial charge in [-0.25, -0.2) is 4.98 Å². The van der Waals surface area contributed by atoms with E-state index in [-0.39, 0.29) is 6.54 Å². The van der Waals surface area contributed by atoms with Crippen LogP contribution in [0.5, 0.6) is 5.75 Å². The lowest BCUT2D eigenvalue weighted by atomic mass is 9.90. The number of thiophene rings is 1. The number of hydrogen-bond donors (Lipinski definition) is 1. The molecule has 0 bridgehead atoms. The van der Waals surface area contributed by atoms with Gasteiger partial charge < -0.3 is 14.4 Å². The number of hydrogen-bond acceptors (Lipinski definition) is 5. The Kier molecular flexibility index (Phi) is 10.3. The van der Waals surface area contributed by atoms with E-state index < -0.39 is 5.97 Å². The van der Waals surface area contributed by atoms with Crippen LogP contribution in [0.15, 0.2) is 84.9 Å². The van der Waals surface area contributed by atoms with Gasteiger partial charge in [0.1, 0.15) is 18.2 Å². The molecule has 43 heavy (non-hydrogen) atoms. The molecule has 0 radical (unpaired) electrons. The Morgan fingerprint density at radius 1 is 0.930 bits per heavy atom. The summed E-state index contributed by atoms with van der Waals surface area (Å²) >= 11 is 1.69. The second-order valence-electron chi connectivity index (χ2n) is 11.2. The maximum atomic E-state index is 11.7. The van der Waals surface area contributed by atoms with Crippen LogP contribution < -0.4 is 4.74 Å². The van der Waals surface area contributed by atoms with Crippen molar-refractivity contribution in [2.24, 2.45) is 7.05 Å². The van der Waals surface area contributed by atoms with E-state index in [2.05, 4.69) is 74.5 Å². The highest BCUT2D eigenvalue weighted by Gasteiger charge is 2.17. The fourth-order valence-corrected chi connectivity index (χ4v) is 6.73. The van der Waals surface area contributed by atoms with Gasteiger partial charge in [-0.1, -0.05) is 75.2 Å². The van der Waals surface area contributed by atoms with E-state index in [1.165, 1.54) is 31.2 Å². The highest BCUT2D eigenvalue weighted by atomic mass is 32.1. The first-order valence-corrected chi connectivity index (χ1v) is 16.0. The first-order valence-electron chi connectivity index (χ1n) is 15.2. The summed E-state index contributed by atoms with van der Waals surface area (Å²) in [6, 6.07) is 29.3. The van der Waals surface area contributed by atoms with E-state index in [1.807, 2.05) is 40.8 Å². The highest BCUT2D eigenvalue weighted by molar-refractivity contribution is 7.15. The van der Waals surface area contributed by atoms with Crippen LogP contribution in [0.25, 0.3) is 21.5 Å². The van der Waals surface area contributed by atoms with Gasteiger partial charge in [0, 0.05) is 23.3 Å². The number of fused-ring (bicyclic) bond motifs is 1. The number of carboxylic acid groups (broad SMARTS) is 1. The zero-order valence-electron chi connectivity index (χ0n) is 25.3. The van der Waals surface area contributed by atoms with Gasteiger partial charge in [0.05, 0.1) is 24.1 Å². The maximum absolute atomic E-state index is 11.7. The first kappa shape index (κ1) is 30.5. The molecule has 2 aromatic heterocycles. The third-order valence-electron chi connectivity index (χ3n) is 7.91. The van der Waals surface area contributed by atoms with Crippen molar-refractivity contribution in [2.75, 3.05) is 6.54 Å². The van der Waals surface area contributed by atoms with Crippen molar-refractivity contribution in [3.05, 3.63) is 107 Å². The Morgan fingerprint density at radius 3 is 2.33 bits per heavy atom. The van der Waals surface area contributed by atoms with E-state index in [0.29, 0.717) is 25.6 Å². The zero-order chi connectivity index (χ0) is 30.2. The average molecular weight is 596 g/mol. The predicted octanol–water partition coefficient (Wildman–Crippen LogP) is 8.65. The Labute approximate surface area is 258 Å². The fourth-order valence-electron chi connectivity index (χ4n) is 5.68. The van der Waals surface area contributed by atoms with Gasteiger partial charge >= 0.3 is 5.97 Å². The predicted molar refractivity (Wildman–Crippen MR) is 176 cm³/mol. The molecule has 224 valence electrons. The molecule has 1 N–H and O–H groups in total. The molecule has 5 rings (SSSR count). The van der Waals surface area contributed by atoms with Gasteiger partial charge in [0.25, 0.3) is 0 Å². The van der Waals surface area contributed by atoms with Gasteiger partial charge in [-0.05, 0) is 71.8 Å². The molecule has 0 saturated carbocycles. The molecule has 2 heterocycles. The van der Waals surface area contributed by atoms with Crippen molar-refractivity contribution in [3.63, 3.8) is 0 Å². The Balaban J connectivity index is 1.19. The molecule has 0 spiro atoms. The lowest BCUT2D eigenvalue weighted by Gasteiger charge is -2.19. The number of rotatable bonds is 15. The van der Waals surface area contributed by atoms with E-state index in [1.54, 1.807) is 11.3 Å². The van der Waals surface area contributed by atoms with Gasteiger partial charge in [-0.15, -0.1) is 11.3 Å². The first-order chi connectivity index (χ1) is 20.9. The quantitative estimate of drug-likeness (QED) is 0.131. The van der Waals surface area contributed by atoms with Crippen molar-refractivity contribution >= 4 is 28.3 Å². The van der Waals surface area contributed by atoms with Gasteiger partial charge in [0.15, 0.2) is 0 Å². The van der Waals surface area contributed by atoms with Gasteiger partial charge in [0.2, 0.25) is 0 Å². The summed E-state index contributed by atoms with van der Waals surface area (Å²) in [7, 11) is 1.98. The Hall–Kier alpha value is -3.94. The molecule has 5 aromatic rings. The van der Waals surface area contributed by atoms with Crippen molar-refractivity contribution in [1.29, 1.82) is 0 Å². The smallest absolute Gasteiger partial charge is 0.317 e. The Bertz CT molecular complexity index is 1620. The van der Waals surface area contributed by atoms with Crippen LogP contribution in [0, 0.1) is 0 Å². The highest BCUT2D eigenvalue weighted by Crippen LogP contribution is 2.31. The normalized spacial score (nSPS) is 11.6. The number of nitrogens with zero attached hydrogens (tertiary/aromatic N) is 3. The van der Waals surface area contributed by atoms with Gasteiger partial charge in [-0.2, -0.15) is 0 Å². The summed E-state index contributed by atoms with van der Waals surface area (Å²) < 4.78 is 8.13. The summed E-state index contributed by atoms with van der Waals surface area (Å²) in [6.45, 7) is 5.99. The molecule has 0 aliphatic heterocycles. The minimum atomic E-state index is -0.846. The molecular weight excluding hydrogens is 554 g/mol. The van der Waals surface area contributed by atoms with Crippen molar-refractivity contribution in [2.45, 2.75) is 65.1 Å². The molecule has 0 amide bonds. The van der Waals surface area contributed by atoms with E-state index in [0.717, 1.165) is 43.5 Å². The number of ether oxygens (including phenoxy) is 1. The maximum Gasteiger partial charge on any atom is 0.317 e. The van der Waals surface area contributed by atoms with Crippen LogP contribution in [-0.4, -0.2) is 32.1 Å². The average Bonchev–Trinajstić information content (AvgIpc) is 3.60. The van der Waals surface area contributed by atoms with Crippen molar-refractivity contribution in [3.8, 4) is 16.2 Å². The topological polar surface area (TPSA) is 67.6 Å². The molecule has 0 aliphatic carbocycles. The van der Waals surface area contributed by atoms with Crippen molar-refractivity contribution in [1.82, 2.24) is 14.5 Å². The number of aryl methyl sites for hydroxylation is 1. The zero-order valence-corrected chi connectivity index (χ0v) is 26.1. The second kappa shape index (κ2) is 14.5. The molecule has 7 heteroatoms. The summed E-state index contributed by atoms with van der Waals surface area (Å²) in [6.07, 6.45) is 4.88. The standard InChI is InChI=1S/C36H41N3O3S/c1-4-8-27(9-5-2)28-16-18-30(19-17-28)42-25-26-12-14-29(15-13-26)34-21-20-31(43-34)22-39(24-36(40)41)23-35-37-32-10-6-7-11-33(32)38(35)3/h6-7,10-21,27H,4-5,8-9,22-25H2,1-3H3,(H,40,41). The number of aromatic nitrogens is 2. The summed E-state index contributed by atoms with van der Waals surface area (Å²) in [4.78, 5) is 20.6. The molecule has 3 aromatic carbocycles. The van der Waals surface area contributed by atoms with Gasteiger partial charge in [-0.3, -0.25) is 9.69 Å². The number of para-hydroxylation sites is 2. The summed E-state index contributed by atoms with van der Waals surface area (Å²) in [5, 5.41) is 9.57. The fraction of sp³-hybridized carbons (Fsp3) is 0.333. The molecule has 0 aliphatic rings. The number of carboxylic acids is 1. The number of imidazole rings is 1. The third-order valence-corrected chi connectivity index (χ3v) is 9.03. The van der Waals surface area contributed by atoms with Crippen LogP contribution in [0.4, 0.5) is 0 Å². The number of aliphatic carboxylic acids is 1. The molecule has 0 unspecified atom stereocenters. The summed E-state index contributed by atoms with van der Waals surface area (Å²) in [5.41, 5.74) is 5.63. The van der Waals surface area contributed by atoms with E-state index in [4.69, 9.17) is 9.72 Å². The SMILES string of the molecule is CCCC(CCC)c1ccc(OCc2ccc(-c3ccc(CN(CC(=O)O)Cc4nc5ccccc5n4C)s3)cc2)cc1. The lowest BCUT2D eigenvalue weighted by molar-refractivity contribution is -0.138. The van der Waals surface area contributed by atoms with Crippen LogP contribution in [0.1, 0.15) is 67.3 Å². The molecular formula is C36H41N3O3S. The molecule has 0 saturated heterocycles. The minimum Gasteiger partial charge on any atom is -0.489 e. The molecule has 0 fully saturated rings. The largest absolute Gasteiger partial charge is 0.489 e. The van der Waals surface area contributed by atoms with Crippen LogP contribution in [0.3, 0.4) is 0 Å². The van der Waals surface area contributed by atoms with Crippen molar-refractivity contribution < 1.29 is 14.6 Å². The van der Waals surface area contributed by atoms with Crippen LogP contribution in [-0.2, 0) is 31.5 Å². The van der Waals surface area contributed by atoms with Crippen LogP contribution >= 0.6 is 11.3 Å². The minimum absolute atomic E-state index is 0.0497. The summed E-state index contributed by atoms with van der Waals surface area (Å²) in [5.74, 6) is 1.54. The van der Waals surface area contributed by atoms with E-state index >= 15 is 0 Å². The monoisotopic (exact) mass is 595 g/mol.